The van der Waals surface area contributed by atoms with Crippen molar-refractivity contribution in [3.8, 4) is 5.75 Å². The molecule has 144 valence electrons. The van der Waals surface area contributed by atoms with Crippen LogP contribution in [0, 0.1) is 0 Å². The molecule has 0 bridgehead atoms. The minimum Gasteiger partial charge on any atom is -0.483 e. The maximum absolute atomic E-state index is 12.2. The van der Waals surface area contributed by atoms with Crippen LogP contribution in [0.2, 0.25) is 0 Å². The third-order valence-electron chi connectivity index (χ3n) is 4.28. The van der Waals surface area contributed by atoms with Gasteiger partial charge in [0.05, 0.1) is 4.88 Å². The van der Waals surface area contributed by atoms with Gasteiger partial charge in [-0.05, 0) is 47.2 Å². The van der Waals surface area contributed by atoms with Crippen molar-refractivity contribution in [1.29, 1.82) is 0 Å². The van der Waals surface area contributed by atoms with E-state index >= 15 is 0 Å². The van der Waals surface area contributed by atoms with Gasteiger partial charge in [-0.25, -0.2) is 0 Å². The first-order chi connectivity index (χ1) is 14.2. The number of ether oxygens (including phenoxy) is 1. The molecule has 1 aromatic heterocycles. The zero-order valence-corrected chi connectivity index (χ0v) is 16.2. The van der Waals surface area contributed by atoms with Gasteiger partial charge in [-0.2, -0.15) is 0 Å². The highest BCUT2D eigenvalue weighted by atomic mass is 32.1. The van der Waals surface area contributed by atoms with E-state index in [1.54, 1.807) is 30.3 Å². The van der Waals surface area contributed by atoms with E-state index in [0.717, 1.165) is 10.8 Å². The molecule has 0 aliphatic heterocycles. The lowest BCUT2D eigenvalue weighted by Crippen LogP contribution is -2.20. The van der Waals surface area contributed by atoms with Gasteiger partial charge in [0.1, 0.15) is 5.75 Å². The maximum Gasteiger partial charge on any atom is 0.265 e. The Bertz CT molecular complexity index is 1130. The van der Waals surface area contributed by atoms with E-state index in [1.165, 1.54) is 11.3 Å². The molecule has 29 heavy (non-hydrogen) atoms. The Morgan fingerprint density at radius 1 is 0.793 bits per heavy atom. The van der Waals surface area contributed by atoms with Crippen LogP contribution in [0.4, 0.5) is 11.4 Å². The lowest BCUT2D eigenvalue weighted by atomic mass is 10.1. The maximum atomic E-state index is 12.2. The molecule has 0 aliphatic rings. The van der Waals surface area contributed by atoms with Crippen LogP contribution in [0.1, 0.15) is 9.67 Å². The van der Waals surface area contributed by atoms with Crippen molar-refractivity contribution in [1.82, 2.24) is 0 Å². The molecule has 0 saturated heterocycles. The highest BCUT2D eigenvalue weighted by Crippen LogP contribution is 2.25. The predicted molar refractivity (Wildman–Crippen MR) is 117 cm³/mol. The minimum atomic E-state index is -0.256. The third kappa shape index (κ3) is 4.62. The second-order valence-corrected chi connectivity index (χ2v) is 7.27. The number of rotatable bonds is 6. The van der Waals surface area contributed by atoms with Crippen molar-refractivity contribution >= 4 is 45.3 Å². The number of benzene rings is 3. The molecule has 2 N–H and O–H groups in total. The standard InChI is InChI=1S/C23H18N2O3S/c26-22(15-28-20-8-3-6-16-5-1-2-7-19(16)20)24-17-10-12-18(13-11-17)25-23(27)21-9-4-14-29-21/h1-14H,15H2,(H,24,26)(H,25,27). The van der Waals surface area contributed by atoms with Gasteiger partial charge in [-0.15, -0.1) is 11.3 Å². The lowest BCUT2D eigenvalue weighted by Gasteiger charge is -2.10. The molecule has 0 atom stereocenters. The summed E-state index contributed by atoms with van der Waals surface area (Å²) in [7, 11) is 0. The molecule has 5 nitrogen and oxygen atoms in total. The van der Waals surface area contributed by atoms with Crippen molar-refractivity contribution in [2.45, 2.75) is 0 Å². The van der Waals surface area contributed by atoms with Gasteiger partial charge in [0.25, 0.3) is 11.8 Å². The van der Waals surface area contributed by atoms with E-state index in [1.807, 2.05) is 53.9 Å². The fourth-order valence-electron chi connectivity index (χ4n) is 2.90. The summed E-state index contributed by atoms with van der Waals surface area (Å²) in [5.74, 6) is 0.262. The van der Waals surface area contributed by atoms with Crippen LogP contribution in [0.5, 0.6) is 5.75 Å². The zero-order valence-electron chi connectivity index (χ0n) is 15.4. The molecule has 6 heteroatoms. The van der Waals surface area contributed by atoms with Crippen molar-refractivity contribution < 1.29 is 14.3 Å². The monoisotopic (exact) mass is 402 g/mol. The highest BCUT2D eigenvalue weighted by molar-refractivity contribution is 7.12. The summed E-state index contributed by atoms with van der Waals surface area (Å²) in [6, 6.07) is 24.2. The first-order valence-electron chi connectivity index (χ1n) is 9.04. The van der Waals surface area contributed by atoms with Gasteiger partial charge in [0, 0.05) is 16.8 Å². The number of fused-ring (bicyclic) bond motifs is 1. The normalized spacial score (nSPS) is 10.5. The molecule has 3 aromatic carbocycles. The quantitative estimate of drug-likeness (QED) is 0.467. The second kappa shape index (κ2) is 8.58. The molecule has 0 fully saturated rings. The summed E-state index contributed by atoms with van der Waals surface area (Å²) in [5, 5.41) is 9.50. The molecule has 0 radical (unpaired) electrons. The number of carbonyl (C=O) groups is 2. The fourth-order valence-corrected chi connectivity index (χ4v) is 3.52. The number of carbonyl (C=O) groups excluding carboxylic acids is 2. The van der Waals surface area contributed by atoms with Crippen LogP contribution < -0.4 is 15.4 Å². The molecule has 4 rings (SSSR count). The zero-order chi connectivity index (χ0) is 20.1. The van der Waals surface area contributed by atoms with E-state index in [4.69, 9.17) is 4.74 Å². The van der Waals surface area contributed by atoms with Crippen LogP contribution in [0.3, 0.4) is 0 Å². The molecule has 0 aliphatic carbocycles. The SMILES string of the molecule is O=C(COc1cccc2ccccc12)Nc1ccc(NC(=O)c2cccs2)cc1. The predicted octanol–water partition coefficient (Wildman–Crippen LogP) is 5.17. The average Bonchev–Trinajstić information content (AvgIpc) is 3.29. The summed E-state index contributed by atoms with van der Waals surface area (Å²) in [4.78, 5) is 24.9. The minimum absolute atomic E-state index is 0.0924. The lowest BCUT2D eigenvalue weighted by molar-refractivity contribution is -0.118. The van der Waals surface area contributed by atoms with Gasteiger partial charge in [0.15, 0.2) is 6.61 Å². The summed E-state index contributed by atoms with van der Waals surface area (Å²) in [5.41, 5.74) is 1.29. The fraction of sp³-hybridized carbons (Fsp3) is 0.0435. The van der Waals surface area contributed by atoms with Crippen LogP contribution >= 0.6 is 11.3 Å². The van der Waals surface area contributed by atoms with Crippen molar-refractivity contribution in [3.63, 3.8) is 0 Å². The van der Waals surface area contributed by atoms with E-state index in [0.29, 0.717) is 22.0 Å². The Morgan fingerprint density at radius 3 is 2.28 bits per heavy atom. The van der Waals surface area contributed by atoms with Crippen LogP contribution in [-0.2, 0) is 4.79 Å². The van der Waals surface area contributed by atoms with Gasteiger partial charge in [0.2, 0.25) is 0 Å². The second-order valence-electron chi connectivity index (χ2n) is 6.32. The van der Waals surface area contributed by atoms with E-state index < -0.39 is 0 Å². The first-order valence-corrected chi connectivity index (χ1v) is 9.92. The van der Waals surface area contributed by atoms with Crippen LogP contribution in [-0.4, -0.2) is 18.4 Å². The Hall–Kier alpha value is -3.64. The summed E-state index contributed by atoms with van der Waals surface area (Å²) >= 11 is 1.38. The Balaban J connectivity index is 1.33. The highest BCUT2D eigenvalue weighted by Gasteiger charge is 2.08. The van der Waals surface area contributed by atoms with Crippen LogP contribution in [0.15, 0.2) is 84.2 Å². The number of anilines is 2. The number of hydrogen-bond donors (Lipinski definition) is 2. The van der Waals surface area contributed by atoms with Gasteiger partial charge >= 0.3 is 0 Å². The molecule has 4 aromatic rings. The molecule has 0 spiro atoms. The Kier molecular flexibility index (Phi) is 5.54. The number of thiophene rings is 1. The first kappa shape index (κ1) is 18.7. The van der Waals surface area contributed by atoms with Gasteiger partial charge in [-0.1, -0.05) is 42.5 Å². The molecular formula is C23H18N2O3S. The van der Waals surface area contributed by atoms with E-state index in [2.05, 4.69) is 10.6 Å². The molecule has 2 amide bonds. The summed E-state index contributed by atoms with van der Waals surface area (Å²) in [6.07, 6.45) is 0. The number of amides is 2. The topological polar surface area (TPSA) is 67.4 Å². The largest absolute Gasteiger partial charge is 0.483 e. The van der Waals surface area contributed by atoms with Crippen molar-refractivity contribution in [2.24, 2.45) is 0 Å². The number of nitrogens with one attached hydrogen (secondary N) is 2. The molecule has 1 heterocycles. The van der Waals surface area contributed by atoms with Crippen LogP contribution in [0.25, 0.3) is 10.8 Å². The summed E-state index contributed by atoms with van der Waals surface area (Å²) < 4.78 is 5.70. The Morgan fingerprint density at radius 2 is 1.52 bits per heavy atom. The third-order valence-corrected chi connectivity index (χ3v) is 5.15. The molecular weight excluding hydrogens is 384 g/mol. The van der Waals surface area contributed by atoms with Gasteiger partial charge < -0.3 is 15.4 Å². The average molecular weight is 402 g/mol. The smallest absolute Gasteiger partial charge is 0.265 e. The molecule has 0 saturated carbocycles. The van der Waals surface area contributed by atoms with E-state index in [-0.39, 0.29) is 18.4 Å². The Labute approximate surface area is 171 Å². The van der Waals surface area contributed by atoms with Gasteiger partial charge in [-0.3, -0.25) is 9.59 Å². The van der Waals surface area contributed by atoms with E-state index in [9.17, 15) is 9.59 Å². The summed E-state index contributed by atoms with van der Waals surface area (Å²) in [6.45, 7) is -0.0924. The van der Waals surface area contributed by atoms with Crippen molar-refractivity contribution in [2.75, 3.05) is 17.2 Å². The number of hydrogen-bond acceptors (Lipinski definition) is 4. The van der Waals surface area contributed by atoms with Crippen molar-refractivity contribution in [3.05, 3.63) is 89.1 Å². The molecule has 0 unspecified atom stereocenters.